The summed E-state index contributed by atoms with van der Waals surface area (Å²) in [5, 5.41) is 61.1. The van der Waals surface area contributed by atoms with Crippen LogP contribution in [-0.4, -0.2) is 37.7 Å². The Morgan fingerprint density at radius 2 is 1.20 bits per heavy atom. The summed E-state index contributed by atoms with van der Waals surface area (Å²) in [6.07, 6.45) is 1.42. The molecule has 0 radical (unpaired) electrons. The van der Waals surface area contributed by atoms with E-state index in [0.29, 0.717) is 46.1 Å². The van der Waals surface area contributed by atoms with Crippen molar-refractivity contribution in [3.8, 4) is 5.75 Å². The summed E-state index contributed by atoms with van der Waals surface area (Å²) in [6.45, 7) is 5.97. The van der Waals surface area contributed by atoms with Crippen LogP contribution >= 0.6 is 0 Å². The highest BCUT2D eigenvalue weighted by Crippen LogP contribution is 2.41. The zero-order chi connectivity index (χ0) is 38.2. The van der Waals surface area contributed by atoms with Gasteiger partial charge in [-0.1, -0.05) is 13.0 Å². The molecule has 0 saturated carbocycles. The first-order valence-electron chi connectivity index (χ1n) is 17.7. The summed E-state index contributed by atoms with van der Waals surface area (Å²) >= 11 is 0. The Kier molecular flexibility index (Phi) is 11.5. The number of hydrogen-bond donors (Lipinski definition) is 6. The van der Waals surface area contributed by atoms with E-state index in [1.54, 1.807) is 24.3 Å². The van der Waals surface area contributed by atoms with Crippen LogP contribution in [0.1, 0.15) is 35.6 Å². The van der Waals surface area contributed by atoms with Gasteiger partial charge >= 0.3 is 0 Å². The van der Waals surface area contributed by atoms with Crippen LogP contribution in [0.2, 0.25) is 0 Å². The Labute approximate surface area is 315 Å². The number of aryl methyl sites for hydroxylation is 2. The van der Waals surface area contributed by atoms with Crippen molar-refractivity contribution in [2.45, 2.75) is 33.6 Å². The molecule has 6 rings (SSSR count). The average Bonchev–Trinajstić information content (AvgIpc) is 3.19. The number of phenolic OH excluding ortho intramolecular Hbond substituents is 1. The van der Waals surface area contributed by atoms with Crippen molar-refractivity contribution in [2.24, 2.45) is 41.7 Å². The maximum Gasteiger partial charge on any atom is 0.153 e. The lowest BCUT2D eigenvalue weighted by atomic mass is 9.78. The zero-order valence-corrected chi connectivity index (χ0v) is 31.2. The third-order valence-corrected chi connectivity index (χ3v) is 9.27. The van der Waals surface area contributed by atoms with Crippen LogP contribution < -0.4 is 21.4 Å². The van der Waals surface area contributed by atoms with Crippen LogP contribution in [-0.2, 0) is 6.42 Å². The maximum absolute atomic E-state index is 11.5. The monoisotopic (exact) mass is 720 g/mol. The van der Waals surface area contributed by atoms with Crippen molar-refractivity contribution < 1.29 is 5.11 Å². The molecule has 1 aliphatic rings. The van der Waals surface area contributed by atoms with Gasteiger partial charge in [0.1, 0.15) is 11.4 Å². The number of anilines is 4. The Morgan fingerprint density at radius 1 is 0.648 bits per heavy atom. The van der Waals surface area contributed by atoms with Crippen molar-refractivity contribution in [3.63, 3.8) is 0 Å². The molecule has 0 fully saturated rings. The second-order valence-electron chi connectivity index (χ2n) is 12.9. The van der Waals surface area contributed by atoms with E-state index in [2.05, 4.69) is 64.1 Å². The number of aromatic hydroxyl groups is 1. The quantitative estimate of drug-likeness (QED) is 0.0553. The number of fused-ring (bicyclic) bond motifs is 1. The highest BCUT2D eigenvalue weighted by Gasteiger charge is 2.32. The highest BCUT2D eigenvalue weighted by molar-refractivity contribution is 6.49. The maximum atomic E-state index is 11.5. The SMILES string of the molecule is CCC1Cc2cc(C)c(N=Nc3ccc(N=Nc4ccc(NC)cc4NC)cc3)c(O)c2C(=N)/C1=N\Nc1ccc(N=Nc2ccc(NC)cc2C)cc1. The third-order valence-electron chi connectivity index (χ3n) is 9.27. The second-order valence-corrected chi connectivity index (χ2v) is 12.9. The first-order valence-corrected chi connectivity index (χ1v) is 17.7. The predicted molar refractivity (Wildman–Crippen MR) is 220 cm³/mol. The lowest BCUT2D eigenvalue weighted by molar-refractivity contribution is 0.472. The standard InChI is InChI=1S/C41H44N12O/c1-7-26-22-27-20-25(3)39(52-48-30-12-10-29(11-13-30)47-51-35-19-17-33(44-5)23-36(35)45-6)41(54)37(27)38(42)40(26)53-49-31-14-8-28(9-15-31)46-50-34-18-16-32(43-4)21-24(34)2/h8-21,23,26,42-45,49,54H,7,22H2,1-6H3/b42-38?,50-46?,51-47?,52-48?,53-40-. The van der Waals surface area contributed by atoms with E-state index >= 15 is 0 Å². The van der Waals surface area contributed by atoms with Crippen LogP contribution in [0.3, 0.4) is 0 Å². The Morgan fingerprint density at radius 3 is 1.80 bits per heavy atom. The molecule has 0 saturated heterocycles. The fraction of sp³-hybridized carbons (Fsp3) is 0.220. The molecule has 5 aromatic rings. The predicted octanol–water partition coefficient (Wildman–Crippen LogP) is 11.8. The third kappa shape index (κ3) is 8.31. The lowest BCUT2D eigenvalue weighted by Crippen LogP contribution is -2.32. The summed E-state index contributed by atoms with van der Waals surface area (Å²) in [5.41, 5.74) is 14.3. The molecule has 0 bridgehead atoms. The smallest absolute Gasteiger partial charge is 0.153 e. The molecule has 0 aliphatic heterocycles. The van der Waals surface area contributed by atoms with Gasteiger partial charge < -0.3 is 21.1 Å². The number of azo groups is 3. The number of hydrogen-bond acceptors (Lipinski definition) is 13. The zero-order valence-electron chi connectivity index (χ0n) is 31.2. The molecule has 13 heteroatoms. The minimum Gasteiger partial charge on any atom is -0.505 e. The normalized spacial score (nSPS) is 15.0. The summed E-state index contributed by atoms with van der Waals surface area (Å²) in [7, 11) is 5.59. The first-order chi connectivity index (χ1) is 26.2. The van der Waals surface area contributed by atoms with Gasteiger partial charge in [-0.2, -0.15) is 25.6 Å². The molecular weight excluding hydrogens is 677 g/mol. The van der Waals surface area contributed by atoms with Crippen LogP contribution in [0, 0.1) is 25.2 Å². The van der Waals surface area contributed by atoms with Crippen molar-refractivity contribution in [1.82, 2.24) is 0 Å². The van der Waals surface area contributed by atoms with E-state index in [9.17, 15) is 5.11 Å². The Bertz CT molecular complexity index is 2280. The van der Waals surface area contributed by atoms with Crippen molar-refractivity contribution in [3.05, 3.63) is 113 Å². The number of phenols is 1. The fourth-order valence-electron chi connectivity index (χ4n) is 6.15. The average molecular weight is 721 g/mol. The molecule has 1 atom stereocenters. The Hall–Kier alpha value is -6.76. The van der Waals surface area contributed by atoms with Gasteiger partial charge in [-0.15, -0.1) is 10.2 Å². The van der Waals surface area contributed by atoms with E-state index in [1.165, 1.54) is 0 Å². The van der Waals surface area contributed by atoms with Gasteiger partial charge in [0.15, 0.2) is 5.75 Å². The molecule has 1 aliphatic carbocycles. The van der Waals surface area contributed by atoms with Crippen LogP contribution in [0.5, 0.6) is 5.75 Å². The largest absolute Gasteiger partial charge is 0.505 e. The lowest BCUT2D eigenvalue weighted by Gasteiger charge is -2.28. The molecule has 0 spiro atoms. The van der Waals surface area contributed by atoms with E-state index in [4.69, 9.17) is 5.41 Å². The molecule has 6 N–H and O–H groups in total. The molecule has 13 nitrogen and oxygen atoms in total. The van der Waals surface area contributed by atoms with Gasteiger partial charge in [-0.3, -0.25) is 10.8 Å². The van der Waals surface area contributed by atoms with E-state index in [0.717, 1.165) is 51.5 Å². The van der Waals surface area contributed by atoms with E-state index in [-0.39, 0.29) is 17.4 Å². The number of nitrogens with zero attached hydrogens (tertiary/aromatic N) is 7. The number of hydrazone groups is 1. The minimum atomic E-state index is -0.0819. The van der Waals surface area contributed by atoms with Crippen LogP contribution in [0.4, 0.5) is 56.9 Å². The molecule has 0 heterocycles. The first kappa shape index (κ1) is 37.0. The van der Waals surface area contributed by atoms with Gasteiger partial charge in [0.25, 0.3) is 0 Å². The molecular formula is C41H44N12O. The summed E-state index contributed by atoms with van der Waals surface area (Å²) < 4.78 is 0. The molecule has 1 unspecified atom stereocenters. The summed E-state index contributed by atoms with van der Waals surface area (Å²) in [5.74, 6) is -0.0795. The molecule has 0 aromatic heterocycles. The molecule has 274 valence electrons. The van der Waals surface area contributed by atoms with Gasteiger partial charge in [-0.05, 0) is 128 Å². The van der Waals surface area contributed by atoms with Gasteiger partial charge in [0.05, 0.1) is 45.5 Å². The minimum absolute atomic E-state index is 0.00239. The van der Waals surface area contributed by atoms with Crippen molar-refractivity contribution >= 4 is 68.3 Å². The van der Waals surface area contributed by atoms with Crippen molar-refractivity contribution in [1.29, 1.82) is 5.41 Å². The molecule has 54 heavy (non-hydrogen) atoms. The van der Waals surface area contributed by atoms with Gasteiger partial charge in [-0.25, -0.2) is 0 Å². The number of benzene rings is 5. The second kappa shape index (κ2) is 16.7. The molecule has 0 amide bonds. The van der Waals surface area contributed by atoms with Gasteiger partial charge in [0, 0.05) is 44.0 Å². The summed E-state index contributed by atoms with van der Waals surface area (Å²) in [6, 6.07) is 28.3. The van der Waals surface area contributed by atoms with Crippen LogP contribution in [0.25, 0.3) is 0 Å². The van der Waals surface area contributed by atoms with E-state index in [1.807, 2.05) is 102 Å². The fourth-order valence-corrected chi connectivity index (χ4v) is 6.15. The molecule has 5 aromatic carbocycles. The topological polar surface area (TPSA) is 179 Å². The van der Waals surface area contributed by atoms with Crippen molar-refractivity contribution in [2.75, 3.05) is 42.5 Å². The number of nitrogens with one attached hydrogen (secondary N) is 5. The Balaban J connectivity index is 1.16. The highest BCUT2D eigenvalue weighted by atomic mass is 16.3. The van der Waals surface area contributed by atoms with E-state index < -0.39 is 0 Å². The summed E-state index contributed by atoms with van der Waals surface area (Å²) in [4.78, 5) is 0. The number of rotatable bonds is 12. The van der Waals surface area contributed by atoms with Gasteiger partial charge in [0.2, 0.25) is 0 Å². The van der Waals surface area contributed by atoms with Crippen LogP contribution in [0.15, 0.2) is 127 Å².